The fourth-order valence-electron chi connectivity index (χ4n) is 4.53. The van der Waals surface area contributed by atoms with Gasteiger partial charge in [0.2, 0.25) is 0 Å². The molecule has 196 valence electrons. The molecule has 1 atom stereocenters. The highest BCUT2D eigenvalue weighted by molar-refractivity contribution is 7.78. The lowest BCUT2D eigenvalue weighted by Gasteiger charge is -2.25. The van der Waals surface area contributed by atoms with Crippen molar-refractivity contribution in [3.63, 3.8) is 0 Å². The summed E-state index contributed by atoms with van der Waals surface area (Å²) in [6, 6.07) is 6.88. The number of fused-ring (bicyclic) bond motifs is 1. The third kappa shape index (κ3) is 5.93. The van der Waals surface area contributed by atoms with Crippen LogP contribution >= 0.6 is 12.2 Å². The Morgan fingerprint density at radius 1 is 1.00 bits per heavy atom. The van der Waals surface area contributed by atoms with Crippen LogP contribution in [0.5, 0.6) is 5.75 Å². The highest BCUT2D eigenvalue weighted by Crippen LogP contribution is 2.35. The van der Waals surface area contributed by atoms with Gasteiger partial charge in [-0.15, -0.1) is 0 Å². The van der Waals surface area contributed by atoms with Crippen LogP contribution in [0.15, 0.2) is 47.5 Å². The fraction of sp³-hybridized carbons (Fsp3) is 0.276. The Morgan fingerprint density at radius 2 is 1.68 bits per heavy atom. The number of alkyl halides is 2. The molecule has 9 heteroatoms. The first kappa shape index (κ1) is 27.4. The van der Waals surface area contributed by atoms with E-state index < -0.39 is 46.4 Å². The van der Waals surface area contributed by atoms with E-state index in [-0.39, 0.29) is 11.1 Å². The summed E-state index contributed by atoms with van der Waals surface area (Å²) in [4.78, 5) is 3.20. The Balaban J connectivity index is 1.53. The Bertz CT molecular complexity index is 1450. The Morgan fingerprint density at radius 3 is 2.32 bits per heavy atom. The molecule has 0 N–H and O–H groups in total. The summed E-state index contributed by atoms with van der Waals surface area (Å²) in [7, 11) is 0. The van der Waals surface area contributed by atoms with E-state index in [1.54, 1.807) is 5.16 Å². The van der Waals surface area contributed by atoms with Crippen LogP contribution in [0.1, 0.15) is 54.0 Å². The van der Waals surface area contributed by atoms with Crippen molar-refractivity contribution in [3.05, 3.63) is 93.6 Å². The van der Waals surface area contributed by atoms with Crippen LogP contribution in [0.3, 0.4) is 0 Å². The highest BCUT2D eigenvalue weighted by Gasteiger charge is 2.35. The van der Waals surface area contributed by atoms with Crippen LogP contribution in [0, 0.1) is 41.0 Å². The lowest BCUT2D eigenvalue weighted by molar-refractivity contribution is -0.185. The van der Waals surface area contributed by atoms with Crippen molar-refractivity contribution in [3.8, 4) is 17.6 Å². The van der Waals surface area contributed by atoms with Crippen LogP contribution in [0.2, 0.25) is 0 Å². The lowest BCUT2D eigenvalue weighted by atomic mass is 9.81. The molecule has 0 amide bonds. The summed E-state index contributed by atoms with van der Waals surface area (Å²) < 4.78 is 91.4. The van der Waals surface area contributed by atoms with E-state index in [9.17, 15) is 22.0 Å². The molecule has 1 aliphatic rings. The zero-order chi connectivity index (χ0) is 27.4. The van der Waals surface area contributed by atoms with E-state index in [0.29, 0.717) is 42.0 Å². The highest BCUT2D eigenvalue weighted by atomic mass is 32.1. The van der Waals surface area contributed by atoms with E-state index >= 15 is 4.39 Å². The molecule has 1 aliphatic carbocycles. The maximum Gasteiger partial charge on any atom is 0.426 e. The van der Waals surface area contributed by atoms with Crippen LogP contribution < -0.4 is 4.74 Å². The fourth-order valence-corrected chi connectivity index (χ4v) is 4.63. The second-order valence-corrected chi connectivity index (χ2v) is 9.15. The molecule has 0 aliphatic heterocycles. The molecular weight excluding hydrogens is 524 g/mol. The average Bonchev–Trinajstić information content (AvgIpc) is 2.86. The minimum absolute atomic E-state index is 0.226. The third-order valence-electron chi connectivity index (χ3n) is 6.37. The number of isothiocyanates is 1. The Labute approximate surface area is 221 Å². The minimum atomic E-state index is -3.95. The SMILES string of the molecule is CCCC1CCc2c(cc(F)c(C#Cc3ccc(C(F)(F)Oc4cc(F)c(N=C=S)c(F)c4)cc3)c2F)C1. The van der Waals surface area contributed by atoms with Gasteiger partial charge in [0, 0.05) is 17.7 Å². The van der Waals surface area contributed by atoms with Crippen molar-refractivity contribution in [2.75, 3.05) is 0 Å². The molecule has 38 heavy (non-hydrogen) atoms. The molecule has 3 aromatic carbocycles. The molecule has 0 saturated heterocycles. The van der Waals surface area contributed by atoms with Crippen molar-refractivity contribution in [2.24, 2.45) is 10.9 Å². The number of aliphatic imine (C=N–C) groups is 1. The predicted molar refractivity (Wildman–Crippen MR) is 135 cm³/mol. The van der Waals surface area contributed by atoms with Gasteiger partial charge in [0.15, 0.2) is 11.6 Å². The van der Waals surface area contributed by atoms with E-state index in [1.165, 1.54) is 18.2 Å². The molecule has 0 fully saturated rings. The van der Waals surface area contributed by atoms with Gasteiger partial charge in [-0.25, -0.2) is 17.6 Å². The monoisotopic (exact) mass is 545 g/mol. The lowest BCUT2D eigenvalue weighted by Crippen LogP contribution is -2.22. The first-order valence-corrected chi connectivity index (χ1v) is 12.3. The van der Waals surface area contributed by atoms with Crippen LogP contribution in [0.4, 0.5) is 32.0 Å². The maximum atomic E-state index is 15.1. The maximum absolute atomic E-state index is 15.1. The number of halogens is 6. The zero-order valence-corrected chi connectivity index (χ0v) is 21.0. The van der Waals surface area contributed by atoms with Crippen LogP contribution in [0.25, 0.3) is 0 Å². The molecule has 0 spiro atoms. The van der Waals surface area contributed by atoms with Gasteiger partial charge in [0.25, 0.3) is 0 Å². The predicted octanol–water partition coefficient (Wildman–Crippen LogP) is 8.41. The molecule has 2 nitrogen and oxygen atoms in total. The van der Waals surface area contributed by atoms with Gasteiger partial charge >= 0.3 is 6.11 Å². The quantitative estimate of drug-likeness (QED) is 0.134. The smallest absolute Gasteiger partial charge is 0.426 e. The Kier molecular flexibility index (Phi) is 8.25. The standard InChI is InChI=1S/C29H21F6NOS/c1-2-3-18-7-10-22-19(12-18)13-24(30)23(27(22)33)11-6-17-4-8-20(9-5-17)29(34,35)37-21-14-25(31)28(36-16-38)26(32)15-21/h4-5,8-9,13-15,18H,2-3,7,10,12H2,1H3. The molecule has 0 bridgehead atoms. The molecule has 4 rings (SSSR count). The normalized spacial score (nSPS) is 14.7. The van der Waals surface area contributed by atoms with Crippen molar-refractivity contribution in [1.82, 2.24) is 0 Å². The van der Waals surface area contributed by atoms with Crippen molar-refractivity contribution in [1.29, 1.82) is 0 Å². The minimum Gasteiger partial charge on any atom is -0.429 e. The molecule has 0 saturated carbocycles. The van der Waals surface area contributed by atoms with E-state index in [2.05, 4.69) is 40.7 Å². The molecule has 3 aromatic rings. The zero-order valence-electron chi connectivity index (χ0n) is 20.2. The van der Waals surface area contributed by atoms with Crippen molar-refractivity contribution < 1.29 is 31.1 Å². The van der Waals surface area contributed by atoms with Gasteiger partial charge in [0.1, 0.15) is 23.1 Å². The largest absolute Gasteiger partial charge is 0.429 e. The van der Waals surface area contributed by atoms with Gasteiger partial charge < -0.3 is 4.74 Å². The average molecular weight is 546 g/mol. The van der Waals surface area contributed by atoms with Gasteiger partial charge in [-0.1, -0.05) is 31.6 Å². The van der Waals surface area contributed by atoms with E-state index in [1.807, 2.05) is 0 Å². The van der Waals surface area contributed by atoms with E-state index in [4.69, 9.17) is 0 Å². The molecule has 0 heterocycles. The van der Waals surface area contributed by atoms with E-state index in [0.717, 1.165) is 31.4 Å². The van der Waals surface area contributed by atoms with Gasteiger partial charge in [0.05, 0.1) is 16.3 Å². The number of ether oxygens (including phenoxy) is 1. The van der Waals surface area contributed by atoms with Gasteiger partial charge in [-0.3, -0.25) is 0 Å². The number of rotatable bonds is 6. The summed E-state index contributed by atoms with van der Waals surface area (Å²) in [5.74, 6) is 0.791. The number of benzene rings is 3. The molecular formula is C29H21F6NOS. The first-order chi connectivity index (χ1) is 18.1. The second-order valence-electron chi connectivity index (χ2n) is 8.97. The van der Waals surface area contributed by atoms with Gasteiger partial charge in [-0.05, 0) is 78.9 Å². The number of nitrogens with zero attached hydrogens (tertiary/aromatic N) is 1. The number of hydrogen-bond donors (Lipinski definition) is 0. The second kappa shape index (κ2) is 11.4. The topological polar surface area (TPSA) is 21.6 Å². The number of hydrogen-bond acceptors (Lipinski definition) is 3. The Hall–Kier alpha value is -3.60. The third-order valence-corrected chi connectivity index (χ3v) is 6.46. The van der Waals surface area contributed by atoms with Gasteiger partial charge in [-0.2, -0.15) is 13.8 Å². The molecule has 0 radical (unpaired) electrons. The van der Waals surface area contributed by atoms with Crippen LogP contribution in [-0.4, -0.2) is 5.16 Å². The summed E-state index contributed by atoms with van der Waals surface area (Å²) in [6.07, 6.45) is 0.0476. The van der Waals surface area contributed by atoms with Crippen molar-refractivity contribution >= 4 is 23.1 Å². The summed E-state index contributed by atoms with van der Waals surface area (Å²) in [5.41, 5.74) is -0.388. The summed E-state index contributed by atoms with van der Waals surface area (Å²) in [6.45, 7) is 2.08. The molecule has 0 aromatic heterocycles. The summed E-state index contributed by atoms with van der Waals surface area (Å²) in [5, 5.41) is 1.80. The first-order valence-electron chi connectivity index (χ1n) is 11.9. The summed E-state index contributed by atoms with van der Waals surface area (Å²) >= 11 is 4.29. The van der Waals surface area contributed by atoms with Crippen LogP contribution in [-0.2, 0) is 19.0 Å². The number of thiocarbonyl (C=S) groups is 1. The van der Waals surface area contributed by atoms with Crippen molar-refractivity contribution in [2.45, 2.75) is 45.1 Å². The molecule has 1 unspecified atom stereocenters.